The molecule has 0 radical (unpaired) electrons. The highest BCUT2D eigenvalue weighted by atomic mass is 16.5. The summed E-state index contributed by atoms with van der Waals surface area (Å²) in [5.41, 5.74) is 3.80. The van der Waals surface area contributed by atoms with Crippen LogP contribution in [0.2, 0.25) is 0 Å². The lowest BCUT2D eigenvalue weighted by molar-refractivity contribution is 0.119. The first-order valence-electron chi connectivity index (χ1n) is 6.06. The molecule has 0 N–H and O–H groups in total. The molecule has 1 fully saturated rings. The van der Waals surface area contributed by atoms with E-state index in [0.29, 0.717) is 0 Å². The molecule has 0 aliphatic carbocycles. The first-order valence-corrected chi connectivity index (χ1v) is 6.06. The minimum Gasteiger partial charge on any atom is -0.453 e. The number of ether oxygens (including phenoxy) is 1. The van der Waals surface area contributed by atoms with Gasteiger partial charge >= 0.3 is 6.09 Å². The minimum absolute atomic E-state index is 0.184. The van der Waals surface area contributed by atoms with Gasteiger partial charge in [-0.05, 0) is 43.4 Å². The summed E-state index contributed by atoms with van der Waals surface area (Å²) < 4.78 is 4.85. The Labute approximate surface area is 102 Å². The molecular formula is C14H19NO2. The van der Waals surface area contributed by atoms with Gasteiger partial charge in [0.1, 0.15) is 0 Å². The van der Waals surface area contributed by atoms with Crippen LogP contribution in [-0.4, -0.2) is 24.6 Å². The zero-order valence-corrected chi connectivity index (χ0v) is 10.7. The normalized spacial score (nSPS) is 19.5. The average molecular weight is 233 g/mol. The van der Waals surface area contributed by atoms with Gasteiger partial charge in [0.15, 0.2) is 0 Å². The zero-order valence-electron chi connectivity index (χ0n) is 10.7. The molecule has 0 aromatic heterocycles. The summed E-state index contributed by atoms with van der Waals surface area (Å²) in [6.45, 7) is 5.01. The van der Waals surface area contributed by atoms with E-state index in [-0.39, 0.29) is 12.1 Å². The lowest BCUT2D eigenvalue weighted by atomic mass is 9.95. The number of carbonyl (C=O) groups is 1. The molecule has 1 saturated heterocycles. The van der Waals surface area contributed by atoms with Crippen LogP contribution in [0.3, 0.4) is 0 Å². The predicted octanol–water partition coefficient (Wildman–Crippen LogP) is 3.21. The van der Waals surface area contributed by atoms with E-state index >= 15 is 0 Å². The standard InChI is InChI=1S/C14H19NO2/c1-10-6-4-7-11(2)13(10)12-8-5-9-15(12)14(16)17-3/h4,6-7,12H,5,8-9H2,1-3H3. The van der Waals surface area contributed by atoms with E-state index in [1.807, 2.05) is 4.90 Å². The number of benzene rings is 1. The van der Waals surface area contributed by atoms with Crippen molar-refractivity contribution in [3.63, 3.8) is 0 Å². The molecule has 1 aliphatic heterocycles. The SMILES string of the molecule is COC(=O)N1CCCC1c1c(C)cccc1C. The first-order chi connectivity index (χ1) is 8.15. The number of nitrogens with zero attached hydrogens (tertiary/aromatic N) is 1. The highest BCUT2D eigenvalue weighted by Crippen LogP contribution is 2.35. The summed E-state index contributed by atoms with van der Waals surface area (Å²) in [5, 5.41) is 0. The van der Waals surface area contributed by atoms with Crippen molar-refractivity contribution in [1.29, 1.82) is 0 Å². The summed E-state index contributed by atoms with van der Waals surface area (Å²) in [4.78, 5) is 13.6. The Balaban J connectivity index is 2.36. The van der Waals surface area contributed by atoms with Crippen molar-refractivity contribution in [2.75, 3.05) is 13.7 Å². The van der Waals surface area contributed by atoms with E-state index in [1.54, 1.807) is 0 Å². The third kappa shape index (κ3) is 2.14. The van der Waals surface area contributed by atoms with E-state index in [9.17, 15) is 4.79 Å². The summed E-state index contributed by atoms with van der Waals surface area (Å²) in [5.74, 6) is 0. The van der Waals surface area contributed by atoms with Gasteiger partial charge in [-0.25, -0.2) is 4.79 Å². The van der Waals surface area contributed by atoms with Crippen molar-refractivity contribution < 1.29 is 9.53 Å². The van der Waals surface area contributed by atoms with E-state index in [2.05, 4.69) is 32.0 Å². The molecule has 17 heavy (non-hydrogen) atoms. The monoisotopic (exact) mass is 233 g/mol. The van der Waals surface area contributed by atoms with E-state index in [4.69, 9.17) is 4.74 Å². The maximum absolute atomic E-state index is 11.7. The second-order valence-corrected chi connectivity index (χ2v) is 4.63. The van der Waals surface area contributed by atoms with Crippen molar-refractivity contribution in [3.05, 3.63) is 34.9 Å². The van der Waals surface area contributed by atoms with Gasteiger partial charge in [-0.1, -0.05) is 18.2 Å². The van der Waals surface area contributed by atoms with Crippen LogP contribution < -0.4 is 0 Å². The molecule has 0 spiro atoms. The molecule has 92 valence electrons. The first kappa shape index (κ1) is 12.0. The van der Waals surface area contributed by atoms with Gasteiger partial charge in [0.2, 0.25) is 0 Å². The van der Waals surface area contributed by atoms with Crippen LogP contribution in [0.5, 0.6) is 0 Å². The predicted molar refractivity (Wildman–Crippen MR) is 67.0 cm³/mol. The van der Waals surface area contributed by atoms with Gasteiger partial charge in [-0.2, -0.15) is 0 Å². The Morgan fingerprint density at radius 1 is 1.35 bits per heavy atom. The third-order valence-electron chi connectivity index (χ3n) is 3.54. The van der Waals surface area contributed by atoms with Crippen molar-refractivity contribution in [2.24, 2.45) is 0 Å². The van der Waals surface area contributed by atoms with Crippen LogP contribution in [0.1, 0.15) is 35.6 Å². The summed E-state index contributed by atoms with van der Waals surface area (Å²) >= 11 is 0. The fourth-order valence-electron chi connectivity index (χ4n) is 2.76. The third-order valence-corrected chi connectivity index (χ3v) is 3.54. The van der Waals surface area contributed by atoms with E-state index in [0.717, 1.165) is 19.4 Å². The molecule has 1 aromatic carbocycles. The largest absolute Gasteiger partial charge is 0.453 e. The van der Waals surface area contributed by atoms with Gasteiger partial charge in [0, 0.05) is 6.54 Å². The minimum atomic E-state index is -0.213. The Hall–Kier alpha value is -1.51. The maximum Gasteiger partial charge on any atom is 0.409 e. The Morgan fingerprint density at radius 2 is 2.00 bits per heavy atom. The summed E-state index contributed by atoms with van der Waals surface area (Å²) in [6.07, 6.45) is 1.86. The zero-order chi connectivity index (χ0) is 12.4. The molecule has 3 heteroatoms. The molecule has 1 atom stereocenters. The van der Waals surface area contributed by atoms with Crippen molar-refractivity contribution in [1.82, 2.24) is 4.90 Å². The van der Waals surface area contributed by atoms with Crippen LogP contribution in [0.15, 0.2) is 18.2 Å². The summed E-state index contributed by atoms with van der Waals surface area (Å²) in [7, 11) is 1.45. The molecule has 1 aromatic rings. The molecule has 0 bridgehead atoms. The Morgan fingerprint density at radius 3 is 2.59 bits per heavy atom. The van der Waals surface area contributed by atoms with Gasteiger partial charge in [0.05, 0.1) is 13.2 Å². The number of carbonyl (C=O) groups excluding carboxylic acids is 1. The maximum atomic E-state index is 11.7. The number of aryl methyl sites for hydroxylation is 2. The van der Waals surface area contributed by atoms with Crippen LogP contribution in [0, 0.1) is 13.8 Å². The fraction of sp³-hybridized carbons (Fsp3) is 0.500. The molecule has 1 aliphatic rings. The van der Waals surface area contributed by atoms with Gasteiger partial charge in [-0.15, -0.1) is 0 Å². The Kier molecular flexibility index (Phi) is 3.36. The highest BCUT2D eigenvalue weighted by Gasteiger charge is 2.32. The van der Waals surface area contributed by atoms with E-state index in [1.165, 1.54) is 23.8 Å². The lowest BCUT2D eigenvalue weighted by Gasteiger charge is -2.26. The van der Waals surface area contributed by atoms with Crippen molar-refractivity contribution in [3.8, 4) is 0 Å². The molecule has 0 saturated carbocycles. The molecule has 3 nitrogen and oxygen atoms in total. The van der Waals surface area contributed by atoms with E-state index < -0.39 is 0 Å². The molecule has 1 unspecified atom stereocenters. The van der Waals surface area contributed by atoms with Crippen molar-refractivity contribution >= 4 is 6.09 Å². The fourth-order valence-corrected chi connectivity index (χ4v) is 2.76. The van der Waals surface area contributed by atoms with Crippen LogP contribution in [0.4, 0.5) is 4.79 Å². The number of rotatable bonds is 1. The summed E-state index contributed by atoms with van der Waals surface area (Å²) in [6, 6.07) is 6.46. The van der Waals surface area contributed by atoms with Gasteiger partial charge in [-0.3, -0.25) is 0 Å². The van der Waals surface area contributed by atoms with Gasteiger partial charge < -0.3 is 9.64 Å². The lowest BCUT2D eigenvalue weighted by Crippen LogP contribution is -2.31. The number of amides is 1. The topological polar surface area (TPSA) is 29.5 Å². The number of hydrogen-bond donors (Lipinski definition) is 0. The van der Waals surface area contributed by atoms with Crippen LogP contribution in [-0.2, 0) is 4.74 Å². The van der Waals surface area contributed by atoms with Crippen molar-refractivity contribution in [2.45, 2.75) is 32.7 Å². The highest BCUT2D eigenvalue weighted by molar-refractivity contribution is 5.68. The number of likely N-dealkylation sites (tertiary alicyclic amines) is 1. The van der Waals surface area contributed by atoms with Crippen LogP contribution in [0.25, 0.3) is 0 Å². The molecular weight excluding hydrogens is 214 g/mol. The average Bonchev–Trinajstić information content (AvgIpc) is 2.77. The van der Waals surface area contributed by atoms with Gasteiger partial charge in [0.25, 0.3) is 0 Å². The number of hydrogen-bond acceptors (Lipinski definition) is 2. The van der Waals surface area contributed by atoms with Crippen LogP contribution >= 0.6 is 0 Å². The smallest absolute Gasteiger partial charge is 0.409 e. The second-order valence-electron chi connectivity index (χ2n) is 4.63. The quantitative estimate of drug-likeness (QED) is 0.745. The molecule has 1 heterocycles. The molecule has 1 amide bonds. The number of methoxy groups -OCH3 is 1. The second kappa shape index (κ2) is 4.78. The molecule has 2 rings (SSSR count). The Bertz CT molecular complexity index is 408.